The van der Waals surface area contributed by atoms with E-state index < -0.39 is 23.7 Å². The van der Waals surface area contributed by atoms with Crippen molar-refractivity contribution in [3.63, 3.8) is 0 Å². The number of hydrogen-bond donors (Lipinski definition) is 2. The topological polar surface area (TPSA) is 95.9 Å². The second-order valence-corrected chi connectivity index (χ2v) is 7.33. The Morgan fingerprint density at radius 2 is 1.70 bits per heavy atom. The van der Waals surface area contributed by atoms with Gasteiger partial charge in [-0.1, -0.05) is 42.5 Å². The molecule has 0 aliphatic carbocycles. The van der Waals surface area contributed by atoms with Gasteiger partial charge in [0.15, 0.2) is 0 Å². The summed E-state index contributed by atoms with van der Waals surface area (Å²) in [4.78, 5) is 36.7. The van der Waals surface area contributed by atoms with E-state index in [9.17, 15) is 18.8 Å². The highest BCUT2D eigenvalue weighted by Gasteiger charge is 2.33. The van der Waals surface area contributed by atoms with Crippen LogP contribution < -0.4 is 10.1 Å². The number of carboxylic acids is 1. The quantitative estimate of drug-likeness (QED) is 0.419. The standard InChI is InChI=1S/C25H19FN2O5/c26-21-4-2-1-3-19(21)14-28-23(29)22(27-25(28)32)13-16-7-11-20(12-8-16)33-15-17-5-9-18(10-6-17)24(30)31/h1-13H,14-15H2,(H,27,32)(H,30,31)/b22-13+. The number of imide groups is 1. The number of nitrogens with zero attached hydrogens (tertiary/aromatic N) is 1. The Balaban J connectivity index is 1.39. The summed E-state index contributed by atoms with van der Waals surface area (Å²) in [6, 6.07) is 18.7. The Bertz CT molecular complexity index is 1240. The van der Waals surface area contributed by atoms with Crippen molar-refractivity contribution in [3.05, 3.63) is 107 Å². The van der Waals surface area contributed by atoms with Crippen LogP contribution in [0.2, 0.25) is 0 Å². The molecule has 1 heterocycles. The summed E-state index contributed by atoms with van der Waals surface area (Å²) in [5.74, 6) is -1.42. The molecule has 0 bridgehead atoms. The third-order valence-electron chi connectivity index (χ3n) is 5.05. The molecule has 3 amide bonds. The number of halogens is 1. The van der Waals surface area contributed by atoms with E-state index >= 15 is 0 Å². The van der Waals surface area contributed by atoms with Crippen LogP contribution in [-0.2, 0) is 17.9 Å². The predicted octanol–water partition coefficient (Wildman–Crippen LogP) is 4.20. The molecule has 1 aliphatic rings. The van der Waals surface area contributed by atoms with Crippen LogP contribution in [0.25, 0.3) is 6.08 Å². The fourth-order valence-electron chi connectivity index (χ4n) is 3.25. The zero-order chi connectivity index (χ0) is 23.4. The van der Waals surface area contributed by atoms with Gasteiger partial charge in [0, 0.05) is 5.56 Å². The lowest BCUT2D eigenvalue weighted by Gasteiger charge is -2.12. The molecule has 0 spiro atoms. The van der Waals surface area contributed by atoms with Crippen molar-refractivity contribution in [3.8, 4) is 5.75 Å². The molecule has 1 aliphatic heterocycles. The fourth-order valence-corrected chi connectivity index (χ4v) is 3.25. The Kier molecular flexibility index (Phi) is 6.17. The first kappa shape index (κ1) is 21.8. The van der Waals surface area contributed by atoms with E-state index in [4.69, 9.17) is 9.84 Å². The fraction of sp³-hybridized carbons (Fsp3) is 0.0800. The second-order valence-electron chi connectivity index (χ2n) is 7.33. The molecule has 33 heavy (non-hydrogen) atoms. The molecular formula is C25H19FN2O5. The van der Waals surface area contributed by atoms with Crippen molar-refractivity contribution < 1.29 is 28.6 Å². The van der Waals surface area contributed by atoms with E-state index in [0.29, 0.717) is 11.3 Å². The molecule has 4 rings (SSSR count). The van der Waals surface area contributed by atoms with Gasteiger partial charge in [-0.25, -0.2) is 14.0 Å². The van der Waals surface area contributed by atoms with Crippen molar-refractivity contribution in [1.29, 1.82) is 0 Å². The van der Waals surface area contributed by atoms with Gasteiger partial charge in [0.2, 0.25) is 0 Å². The summed E-state index contributed by atoms with van der Waals surface area (Å²) in [6.07, 6.45) is 1.54. The largest absolute Gasteiger partial charge is 0.489 e. The molecule has 1 saturated heterocycles. The molecule has 2 N–H and O–H groups in total. The van der Waals surface area contributed by atoms with E-state index in [1.54, 1.807) is 48.5 Å². The van der Waals surface area contributed by atoms with E-state index in [1.807, 2.05) is 0 Å². The van der Waals surface area contributed by atoms with E-state index in [-0.39, 0.29) is 30.0 Å². The maximum absolute atomic E-state index is 13.9. The highest BCUT2D eigenvalue weighted by atomic mass is 19.1. The van der Waals surface area contributed by atoms with Gasteiger partial charge in [-0.15, -0.1) is 0 Å². The number of nitrogens with one attached hydrogen (secondary N) is 1. The van der Waals surface area contributed by atoms with Gasteiger partial charge in [-0.2, -0.15) is 0 Å². The van der Waals surface area contributed by atoms with Crippen molar-refractivity contribution in [2.45, 2.75) is 13.2 Å². The number of aromatic carboxylic acids is 1. The number of ether oxygens (including phenoxy) is 1. The zero-order valence-corrected chi connectivity index (χ0v) is 17.3. The van der Waals surface area contributed by atoms with Crippen LogP contribution in [0.5, 0.6) is 5.75 Å². The Labute approximate surface area is 188 Å². The maximum atomic E-state index is 13.9. The smallest absolute Gasteiger partial charge is 0.335 e. The lowest BCUT2D eigenvalue weighted by Crippen LogP contribution is -2.30. The molecule has 1 fully saturated rings. The van der Waals surface area contributed by atoms with Crippen LogP contribution in [0.3, 0.4) is 0 Å². The molecule has 3 aromatic carbocycles. The van der Waals surface area contributed by atoms with E-state index in [1.165, 1.54) is 30.3 Å². The SMILES string of the molecule is O=C(O)c1ccc(COc2ccc(/C=C3/NC(=O)N(Cc4ccccc4F)C3=O)cc2)cc1. The first-order valence-electron chi connectivity index (χ1n) is 10.0. The van der Waals surface area contributed by atoms with Crippen LogP contribution in [0.4, 0.5) is 9.18 Å². The first-order valence-corrected chi connectivity index (χ1v) is 10.0. The third kappa shape index (κ3) is 5.07. The summed E-state index contributed by atoms with van der Waals surface area (Å²) in [7, 11) is 0. The number of benzene rings is 3. The van der Waals surface area contributed by atoms with Crippen molar-refractivity contribution in [2.75, 3.05) is 0 Å². The van der Waals surface area contributed by atoms with Crippen molar-refractivity contribution in [1.82, 2.24) is 10.2 Å². The van der Waals surface area contributed by atoms with Crippen LogP contribution in [0.1, 0.15) is 27.0 Å². The minimum atomic E-state index is -0.987. The molecule has 0 unspecified atom stereocenters. The Morgan fingerprint density at radius 3 is 2.36 bits per heavy atom. The van der Waals surface area contributed by atoms with Gasteiger partial charge in [-0.05, 0) is 47.5 Å². The molecule has 3 aromatic rings. The van der Waals surface area contributed by atoms with E-state index in [2.05, 4.69) is 5.32 Å². The summed E-state index contributed by atoms with van der Waals surface area (Å²) in [6.45, 7) is 0.106. The maximum Gasteiger partial charge on any atom is 0.335 e. The zero-order valence-electron chi connectivity index (χ0n) is 17.3. The number of amides is 3. The van der Waals surface area contributed by atoms with Crippen LogP contribution >= 0.6 is 0 Å². The lowest BCUT2D eigenvalue weighted by atomic mass is 10.1. The van der Waals surface area contributed by atoms with E-state index in [0.717, 1.165) is 10.5 Å². The van der Waals surface area contributed by atoms with Gasteiger partial charge in [0.05, 0.1) is 12.1 Å². The average molecular weight is 446 g/mol. The number of rotatable bonds is 7. The molecule has 0 aromatic heterocycles. The Hall–Kier alpha value is -4.46. The number of carbonyl (C=O) groups excluding carboxylic acids is 2. The minimum Gasteiger partial charge on any atom is -0.489 e. The average Bonchev–Trinajstić information content (AvgIpc) is 3.07. The van der Waals surface area contributed by atoms with Crippen molar-refractivity contribution in [2.24, 2.45) is 0 Å². The molecule has 0 saturated carbocycles. The molecule has 0 radical (unpaired) electrons. The molecule has 166 valence electrons. The Morgan fingerprint density at radius 1 is 1.00 bits per heavy atom. The van der Waals surface area contributed by atoms with Crippen LogP contribution in [0.15, 0.2) is 78.5 Å². The molecule has 8 heteroatoms. The summed E-state index contributed by atoms with van der Waals surface area (Å²) >= 11 is 0. The summed E-state index contributed by atoms with van der Waals surface area (Å²) in [5.41, 5.74) is 2.05. The highest BCUT2D eigenvalue weighted by Crippen LogP contribution is 2.20. The molecule has 7 nitrogen and oxygen atoms in total. The van der Waals surface area contributed by atoms with Crippen molar-refractivity contribution >= 4 is 24.0 Å². The highest BCUT2D eigenvalue weighted by molar-refractivity contribution is 6.13. The van der Waals surface area contributed by atoms with Gasteiger partial charge in [0.1, 0.15) is 23.9 Å². The van der Waals surface area contributed by atoms with Crippen LogP contribution in [0, 0.1) is 5.82 Å². The number of carbonyl (C=O) groups is 3. The summed E-state index contributed by atoms with van der Waals surface area (Å²) in [5, 5.41) is 11.5. The molecule has 0 atom stereocenters. The number of urea groups is 1. The van der Waals surface area contributed by atoms with Gasteiger partial charge >= 0.3 is 12.0 Å². The van der Waals surface area contributed by atoms with Crippen LogP contribution in [-0.4, -0.2) is 27.9 Å². The normalized spacial score (nSPS) is 14.5. The number of carboxylic acid groups (broad SMARTS) is 1. The minimum absolute atomic E-state index is 0.100. The third-order valence-corrected chi connectivity index (χ3v) is 5.05. The van der Waals surface area contributed by atoms with Gasteiger partial charge in [0.25, 0.3) is 5.91 Å². The lowest BCUT2D eigenvalue weighted by molar-refractivity contribution is -0.123. The predicted molar refractivity (Wildman–Crippen MR) is 118 cm³/mol. The van der Waals surface area contributed by atoms with Gasteiger partial charge in [-0.3, -0.25) is 9.69 Å². The monoisotopic (exact) mass is 446 g/mol. The first-order chi connectivity index (χ1) is 15.9. The second kappa shape index (κ2) is 9.35. The number of hydrogen-bond acceptors (Lipinski definition) is 4. The molecular weight excluding hydrogens is 427 g/mol. The summed E-state index contributed by atoms with van der Waals surface area (Å²) < 4.78 is 19.6. The van der Waals surface area contributed by atoms with Gasteiger partial charge < -0.3 is 15.2 Å².